The number of carbonyl (C=O) groups is 3. The Kier molecular flexibility index (Phi) is 34.4. The molecule has 3 N–H and O–H groups in total. The largest absolute Gasteiger partial charge is 0.465 e. The van der Waals surface area contributed by atoms with Gasteiger partial charge in [-0.25, -0.2) is 0 Å². The highest BCUT2D eigenvalue weighted by atomic mass is 32.2. The van der Waals surface area contributed by atoms with Crippen molar-refractivity contribution in [1.82, 2.24) is 10.6 Å². The minimum atomic E-state index is -1.36. The van der Waals surface area contributed by atoms with Crippen molar-refractivity contribution in [2.45, 2.75) is 131 Å². The van der Waals surface area contributed by atoms with Crippen LogP contribution in [0, 0.1) is 5.41 Å². The standard InChI is InChI=1S/C32H52N2O5S.C7H16/c1-5-6-7-8-9-10-11-12-13-14-15-16-17-18-19-20-21-22-29(36)39-27-32(2,3)30(37)31(38)34-24-23-28(35)33-25-26-40-4;1-3-5-7-6-4-2/h6-7,9-10,12-13,15-16,18-19,30,37H,5,8,11,14,17,20-27H2,1-4H3,(H,33,35)(H,34,38);3-7H2,1-2H3/b7-6-,10-9-,13-12-,16-15-,19-18-;/t30-;/m0./s1. The van der Waals surface area contributed by atoms with Crippen molar-refractivity contribution in [2.24, 2.45) is 5.41 Å². The van der Waals surface area contributed by atoms with Crippen molar-refractivity contribution >= 4 is 29.5 Å². The highest BCUT2D eigenvalue weighted by molar-refractivity contribution is 7.98. The van der Waals surface area contributed by atoms with Crippen LogP contribution >= 0.6 is 11.8 Å². The molecule has 0 aliphatic heterocycles. The molecule has 7 nitrogen and oxygen atoms in total. The number of aliphatic hydroxyl groups excluding tert-OH is 1. The Bertz CT molecular complexity index is 920. The average molecular weight is 677 g/mol. The summed E-state index contributed by atoms with van der Waals surface area (Å²) in [5.41, 5.74) is -0.954. The summed E-state index contributed by atoms with van der Waals surface area (Å²) in [6.45, 7) is 10.6. The summed E-state index contributed by atoms with van der Waals surface area (Å²) in [7, 11) is 0. The number of carbonyl (C=O) groups excluding carboxylic acids is 3. The zero-order chi connectivity index (χ0) is 35.4. The maximum atomic E-state index is 12.3. The molecule has 0 saturated heterocycles. The number of rotatable bonds is 27. The fourth-order valence-corrected chi connectivity index (χ4v) is 4.27. The molecule has 270 valence electrons. The second-order valence-electron chi connectivity index (χ2n) is 12.1. The third-order valence-corrected chi connectivity index (χ3v) is 7.60. The highest BCUT2D eigenvalue weighted by Gasteiger charge is 2.34. The summed E-state index contributed by atoms with van der Waals surface area (Å²) in [5, 5.41) is 15.7. The molecular formula is C39H68N2O5S. The quantitative estimate of drug-likeness (QED) is 0.0456. The van der Waals surface area contributed by atoms with Crippen LogP contribution in [0.4, 0.5) is 0 Å². The van der Waals surface area contributed by atoms with Gasteiger partial charge in [0.1, 0.15) is 6.10 Å². The fraction of sp³-hybridized carbons (Fsp3) is 0.667. The van der Waals surface area contributed by atoms with Crippen LogP contribution in [0.25, 0.3) is 0 Å². The van der Waals surface area contributed by atoms with Crippen LogP contribution in [-0.2, 0) is 19.1 Å². The molecule has 2 amide bonds. The van der Waals surface area contributed by atoms with Gasteiger partial charge in [0.2, 0.25) is 11.8 Å². The van der Waals surface area contributed by atoms with E-state index in [1.807, 2.05) is 6.26 Å². The maximum Gasteiger partial charge on any atom is 0.305 e. The van der Waals surface area contributed by atoms with E-state index in [9.17, 15) is 19.5 Å². The van der Waals surface area contributed by atoms with Crippen LogP contribution < -0.4 is 10.6 Å². The number of amides is 2. The number of hydrogen-bond donors (Lipinski definition) is 3. The second-order valence-corrected chi connectivity index (χ2v) is 13.1. The third kappa shape index (κ3) is 33.1. The van der Waals surface area contributed by atoms with Crippen molar-refractivity contribution in [1.29, 1.82) is 0 Å². The topological polar surface area (TPSA) is 105 Å². The normalized spacial score (nSPS) is 12.7. The van der Waals surface area contributed by atoms with E-state index >= 15 is 0 Å². The van der Waals surface area contributed by atoms with Gasteiger partial charge in [-0.2, -0.15) is 11.8 Å². The first-order chi connectivity index (χ1) is 22.7. The van der Waals surface area contributed by atoms with E-state index < -0.39 is 17.4 Å². The van der Waals surface area contributed by atoms with E-state index in [1.165, 1.54) is 32.1 Å². The van der Waals surface area contributed by atoms with Gasteiger partial charge in [-0.1, -0.05) is 127 Å². The molecule has 0 rings (SSSR count). The average Bonchev–Trinajstić information content (AvgIpc) is 3.05. The minimum Gasteiger partial charge on any atom is -0.465 e. The van der Waals surface area contributed by atoms with Gasteiger partial charge in [0.05, 0.1) is 6.61 Å². The first-order valence-corrected chi connectivity index (χ1v) is 19.2. The maximum absolute atomic E-state index is 12.3. The molecule has 0 bridgehead atoms. The van der Waals surface area contributed by atoms with Crippen LogP contribution in [0.2, 0.25) is 0 Å². The Balaban J connectivity index is 0. The molecule has 0 aromatic rings. The molecule has 0 aliphatic rings. The van der Waals surface area contributed by atoms with E-state index in [0.717, 1.165) is 44.3 Å². The molecule has 0 spiro atoms. The van der Waals surface area contributed by atoms with E-state index in [0.29, 0.717) is 13.0 Å². The Morgan fingerprint density at radius 3 is 1.77 bits per heavy atom. The number of unbranched alkanes of at least 4 members (excludes halogenated alkanes) is 5. The number of ether oxygens (including phenoxy) is 1. The number of thioether (sulfide) groups is 1. The first-order valence-electron chi connectivity index (χ1n) is 17.8. The fourth-order valence-electron chi connectivity index (χ4n) is 3.96. The molecule has 1 atom stereocenters. The van der Waals surface area contributed by atoms with Crippen LogP contribution in [0.1, 0.15) is 125 Å². The molecule has 0 fully saturated rings. The predicted molar refractivity (Wildman–Crippen MR) is 203 cm³/mol. The third-order valence-electron chi connectivity index (χ3n) is 6.99. The van der Waals surface area contributed by atoms with Gasteiger partial charge >= 0.3 is 5.97 Å². The van der Waals surface area contributed by atoms with Gasteiger partial charge < -0.3 is 20.5 Å². The zero-order valence-electron chi connectivity index (χ0n) is 30.6. The SMILES string of the molecule is CC/C=C\C/C=C\C/C=C\C/C=C\C/C=C\CCCC(=O)OCC(C)(C)[C@@H](O)C(=O)NCCC(=O)NCCSC.CCCCCCC. The summed E-state index contributed by atoms with van der Waals surface area (Å²) in [6, 6.07) is 0. The molecule has 0 unspecified atom stereocenters. The Morgan fingerprint density at radius 2 is 1.26 bits per heavy atom. The van der Waals surface area contributed by atoms with Crippen molar-refractivity contribution < 1.29 is 24.2 Å². The van der Waals surface area contributed by atoms with Gasteiger partial charge in [-0.3, -0.25) is 14.4 Å². The molecule has 0 radical (unpaired) electrons. The number of aliphatic hydroxyl groups is 1. The van der Waals surface area contributed by atoms with Crippen molar-refractivity contribution in [3.63, 3.8) is 0 Å². The highest BCUT2D eigenvalue weighted by Crippen LogP contribution is 2.22. The summed E-state index contributed by atoms with van der Waals surface area (Å²) < 4.78 is 5.31. The molecule has 0 saturated carbocycles. The van der Waals surface area contributed by atoms with Crippen LogP contribution in [0.15, 0.2) is 60.8 Å². The number of allylic oxidation sites excluding steroid dienone is 10. The van der Waals surface area contributed by atoms with E-state index in [4.69, 9.17) is 4.74 Å². The van der Waals surface area contributed by atoms with Gasteiger partial charge in [0.25, 0.3) is 0 Å². The molecule has 8 heteroatoms. The smallest absolute Gasteiger partial charge is 0.305 e. The van der Waals surface area contributed by atoms with Crippen molar-refractivity contribution in [3.8, 4) is 0 Å². The van der Waals surface area contributed by atoms with E-state index in [2.05, 4.69) is 92.2 Å². The lowest BCUT2D eigenvalue weighted by Gasteiger charge is -2.29. The van der Waals surface area contributed by atoms with Gasteiger partial charge in [-0.05, 0) is 51.2 Å². The molecule has 47 heavy (non-hydrogen) atoms. The summed E-state index contributed by atoms with van der Waals surface area (Å²) in [4.78, 5) is 36.1. The van der Waals surface area contributed by atoms with Crippen LogP contribution in [0.3, 0.4) is 0 Å². The number of nitrogens with one attached hydrogen (secondary N) is 2. The molecule has 0 aromatic heterocycles. The molecular weight excluding hydrogens is 609 g/mol. The lowest BCUT2D eigenvalue weighted by molar-refractivity contribution is -0.153. The Hall–Kier alpha value is -2.58. The predicted octanol–water partition coefficient (Wildman–Crippen LogP) is 8.80. The monoisotopic (exact) mass is 676 g/mol. The summed E-state index contributed by atoms with van der Waals surface area (Å²) in [6.07, 6.45) is 35.8. The van der Waals surface area contributed by atoms with Crippen LogP contribution in [-0.4, -0.2) is 60.7 Å². The molecule has 0 aliphatic carbocycles. The lowest BCUT2D eigenvalue weighted by Crippen LogP contribution is -2.47. The molecule has 0 heterocycles. The minimum absolute atomic E-state index is 0.0722. The van der Waals surface area contributed by atoms with E-state index in [1.54, 1.807) is 25.6 Å². The molecule has 0 aromatic carbocycles. The van der Waals surface area contributed by atoms with Gasteiger partial charge in [-0.15, -0.1) is 0 Å². The van der Waals surface area contributed by atoms with Gasteiger partial charge in [0, 0.05) is 37.1 Å². The Labute approximate surface area is 292 Å². The summed E-state index contributed by atoms with van der Waals surface area (Å²) >= 11 is 1.64. The van der Waals surface area contributed by atoms with Crippen molar-refractivity contribution in [2.75, 3.05) is 31.7 Å². The van der Waals surface area contributed by atoms with Crippen LogP contribution in [0.5, 0.6) is 0 Å². The van der Waals surface area contributed by atoms with E-state index in [-0.39, 0.29) is 37.9 Å². The first kappa shape index (κ1) is 46.5. The Morgan fingerprint density at radius 1 is 0.723 bits per heavy atom. The second kappa shape index (κ2) is 34.7. The van der Waals surface area contributed by atoms with Gasteiger partial charge in [0.15, 0.2) is 0 Å². The lowest BCUT2D eigenvalue weighted by atomic mass is 9.87. The number of esters is 1. The summed E-state index contributed by atoms with van der Waals surface area (Å²) in [5.74, 6) is -0.263. The number of hydrogen-bond acceptors (Lipinski definition) is 6. The van der Waals surface area contributed by atoms with Crippen molar-refractivity contribution in [3.05, 3.63) is 60.8 Å². The zero-order valence-corrected chi connectivity index (χ0v) is 31.4.